The first kappa shape index (κ1) is 35.6. The Bertz CT molecular complexity index is 1860. The zero-order chi connectivity index (χ0) is 35.5. The minimum Gasteiger partial charge on any atom is -0.489 e. The lowest BCUT2D eigenvalue weighted by molar-refractivity contribution is -0.658. The first-order chi connectivity index (χ1) is 23.1. The van der Waals surface area contributed by atoms with Crippen LogP contribution in [0.2, 0.25) is 0 Å². The van der Waals surface area contributed by atoms with Gasteiger partial charge in [0.25, 0.3) is 17.8 Å². The lowest BCUT2D eigenvalue weighted by Gasteiger charge is -2.50. The SMILES string of the molecule is C[n+]1cc(-c2ccc(OCC(O/N=C(\C(=O)C[C@@H]3C(=O)N(OS(=O)(=O)O)C3(C)C)c3csc(N)n3)C(=O)O)cc2)ccc1N1CCNCC1. The summed E-state index contributed by atoms with van der Waals surface area (Å²) in [6, 6.07) is 11.2. The van der Waals surface area contributed by atoms with Crippen molar-refractivity contribution in [3.63, 3.8) is 0 Å². The maximum atomic E-state index is 13.4. The molecular formula is C30H36N7O10S2+. The Labute approximate surface area is 285 Å². The summed E-state index contributed by atoms with van der Waals surface area (Å²) in [6.45, 7) is 6.12. The number of ether oxygens (including phenoxy) is 1. The van der Waals surface area contributed by atoms with Gasteiger partial charge in [-0.1, -0.05) is 17.3 Å². The second-order valence-corrected chi connectivity index (χ2v) is 13.8. The number of carboxylic acid groups (broad SMARTS) is 1. The van der Waals surface area contributed by atoms with Crippen LogP contribution in [-0.2, 0) is 41.0 Å². The van der Waals surface area contributed by atoms with Gasteiger partial charge < -0.3 is 25.7 Å². The van der Waals surface area contributed by atoms with Crippen LogP contribution in [0.25, 0.3) is 11.1 Å². The van der Waals surface area contributed by atoms with Gasteiger partial charge in [-0.3, -0.25) is 19.0 Å². The number of nitrogens with zero attached hydrogens (tertiary/aromatic N) is 5. The van der Waals surface area contributed by atoms with E-state index >= 15 is 0 Å². The van der Waals surface area contributed by atoms with Gasteiger partial charge in [0.1, 0.15) is 18.1 Å². The third-order valence-electron chi connectivity index (χ3n) is 8.14. The molecule has 5 rings (SSSR count). The van der Waals surface area contributed by atoms with Crippen molar-refractivity contribution in [2.75, 3.05) is 43.4 Å². The van der Waals surface area contributed by atoms with Crippen LogP contribution in [0.15, 0.2) is 53.1 Å². The van der Waals surface area contributed by atoms with Gasteiger partial charge in [0, 0.05) is 36.5 Å². The van der Waals surface area contributed by atoms with Crippen LogP contribution in [0.5, 0.6) is 5.75 Å². The molecule has 19 heteroatoms. The zero-order valence-electron chi connectivity index (χ0n) is 26.8. The van der Waals surface area contributed by atoms with E-state index in [1.807, 2.05) is 31.4 Å². The number of Topliss-reactive ketones (excluding diaryl/α,β-unsaturated/α-hetero) is 1. The van der Waals surface area contributed by atoms with Gasteiger partial charge in [0.2, 0.25) is 0 Å². The Morgan fingerprint density at radius 1 is 1.18 bits per heavy atom. The number of carbonyl (C=O) groups is 3. The van der Waals surface area contributed by atoms with Crippen LogP contribution in [-0.4, -0.2) is 95.9 Å². The fraction of sp³-hybridized carbons (Fsp3) is 0.400. The quantitative estimate of drug-likeness (QED) is 0.0595. The van der Waals surface area contributed by atoms with Crippen molar-refractivity contribution in [1.29, 1.82) is 0 Å². The number of nitrogens with two attached hydrogens (primary N) is 1. The summed E-state index contributed by atoms with van der Waals surface area (Å²) in [5, 5.41) is 18.9. The summed E-state index contributed by atoms with van der Waals surface area (Å²) in [4.78, 5) is 49.6. The molecule has 2 aromatic heterocycles. The number of ketones is 1. The van der Waals surface area contributed by atoms with Gasteiger partial charge in [-0.05, 0) is 37.6 Å². The van der Waals surface area contributed by atoms with Gasteiger partial charge in [-0.25, -0.2) is 14.3 Å². The summed E-state index contributed by atoms with van der Waals surface area (Å²) in [5.74, 6) is -2.65. The number of anilines is 2. The van der Waals surface area contributed by atoms with E-state index in [1.165, 1.54) is 19.2 Å². The molecule has 49 heavy (non-hydrogen) atoms. The molecule has 0 radical (unpaired) electrons. The zero-order valence-corrected chi connectivity index (χ0v) is 28.4. The Balaban J connectivity index is 1.24. The molecule has 262 valence electrons. The third-order valence-corrected chi connectivity index (χ3v) is 9.16. The van der Waals surface area contributed by atoms with E-state index in [4.69, 9.17) is 19.9 Å². The summed E-state index contributed by atoms with van der Waals surface area (Å²) in [6.07, 6.45) is -0.0940. The summed E-state index contributed by atoms with van der Waals surface area (Å²) >= 11 is 0.993. The highest BCUT2D eigenvalue weighted by Crippen LogP contribution is 2.40. The second kappa shape index (κ2) is 14.4. The number of aliphatic carboxylic acids is 1. The van der Waals surface area contributed by atoms with E-state index in [0.29, 0.717) is 10.8 Å². The number of hydrogen-bond donors (Lipinski definition) is 4. The molecule has 2 aliphatic rings. The first-order valence-corrected chi connectivity index (χ1v) is 17.3. The average molecular weight is 719 g/mol. The number of aromatic nitrogens is 2. The normalized spacial score (nSPS) is 18.5. The van der Waals surface area contributed by atoms with Crippen LogP contribution < -0.4 is 25.3 Å². The molecule has 17 nitrogen and oxygen atoms in total. The van der Waals surface area contributed by atoms with E-state index in [9.17, 15) is 27.9 Å². The molecule has 0 aliphatic carbocycles. The second-order valence-electron chi connectivity index (χ2n) is 11.9. The summed E-state index contributed by atoms with van der Waals surface area (Å²) < 4.78 is 43.3. The smallest absolute Gasteiger partial charge is 0.418 e. The number of nitrogen functional groups attached to an aromatic ring is 1. The lowest BCUT2D eigenvalue weighted by Crippen LogP contribution is -2.68. The van der Waals surface area contributed by atoms with Gasteiger partial charge in [-0.15, -0.1) is 15.6 Å². The molecule has 4 heterocycles. The minimum atomic E-state index is -4.99. The summed E-state index contributed by atoms with van der Waals surface area (Å²) in [7, 11) is -2.99. The molecule has 0 saturated carbocycles. The van der Waals surface area contributed by atoms with Crippen LogP contribution >= 0.6 is 11.3 Å². The molecule has 2 aliphatic heterocycles. The number of carbonyl (C=O) groups excluding carboxylic acids is 2. The lowest BCUT2D eigenvalue weighted by atomic mass is 9.74. The molecular weight excluding hydrogens is 683 g/mol. The number of β-lactam (4-membered cyclic amide) rings is 1. The molecule has 3 aromatic rings. The predicted molar refractivity (Wildman–Crippen MR) is 176 cm³/mol. The van der Waals surface area contributed by atoms with Gasteiger partial charge in [0.05, 0.1) is 37.8 Å². The van der Waals surface area contributed by atoms with E-state index in [-0.39, 0.29) is 10.8 Å². The Morgan fingerprint density at radius 2 is 1.86 bits per heavy atom. The highest BCUT2D eigenvalue weighted by atomic mass is 32.3. The number of piperazine rings is 1. The van der Waals surface area contributed by atoms with Crippen LogP contribution in [0.1, 0.15) is 26.0 Å². The number of hydrogen-bond acceptors (Lipinski definition) is 14. The fourth-order valence-electron chi connectivity index (χ4n) is 5.46. The molecule has 1 amide bonds. The molecule has 2 fully saturated rings. The van der Waals surface area contributed by atoms with E-state index in [2.05, 4.69) is 35.3 Å². The third kappa shape index (κ3) is 8.31. The van der Waals surface area contributed by atoms with Crippen molar-refractivity contribution >= 4 is 56.1 Å². The highest BCUT2D eigenvalue weighted by molar-refractivity contribution is 7.80. The highest BCUT2D eigenvalue weighted by Gasteiger charge is 2.57. The first-order valence-electron chi connectivity index (χ1n) is 15.0. The van der Waals surface area contributed by atoms with Crippen molar-refractivity contribution in [3.8, 4) is 16.9 Å². The molecule has 1 aromatic carbocycles. The van der Waals surface area contributed by atoms with Crippen molar-refractivity contribution in [1.82, 2.24) is 15.4 Å². The Kier molecular flexibility index (Phi) is 10.5. The molecule has 1 unspecified atom stereocenters. The number of oxime groups is 1. The molecule has 2 saturated heterocycles. The van der Waals surface area contributed by atoms with Gasteiger partial charge in [-0.2, -0.15) is 13.5 Å². The number of benzene rings is 1. The Morgan fingerprint density at radius 3 is 2.43 bits per heavy atom. The van der Waals surface area contributed by atoms with E-state index in [0.717, 1.165) is 54.5 Å². The predicted octanol–water partition coefficient (Wildman–Crippen LogP) is 0.810. The number of thiazole rings is 1. The van der Waals surface area contributed by atoms with Crippen molar-refractivity contribution < 1.29 is 50.9 Å². The largest absolute Gasteiger partial charge is 0.489 e. The van der Waals surface area contributed by atoms with Crippen LogP contribution in [0.4, 0.5) is 10.9 Å². The van der Waals surface area contributed by atoms with Crippen molar-refractivity contribution in [3.05, 3.63) is 53.7 Å². The number of amides is 1. The number of carboxylic acids is 1. The average Bonchev–Trinajstić information content (AvgIpc) is 3.49. The number of pyridine rings is 1. The van der Waals surface area contributed by atoms with Gasteiger partial charge in [0.15, 0.2) is 16.6 Å². The maximum Gasteiger partial charge on any atom is 0.418 e. The van der Waals surface area contributed by atoms with E-state index in [1.54, 1.807) is 12.1 Å². The van der Waals surface area contributed by atoms with E-state index < -0.39 is 64.4 Å². The monoisotopic (exact) mass is 718 g/mol. The minimum absolute atomic E-state index is 0.0156. The number of hydroxylamine groups is 2. The summed E-state index contributed by atoms with van der Waals surface area (Å²) in [5.41, 5.74) is 5.91. The number of aryl methyl sites for hydroxylation is 1. The van der Waals surface area contributed by atoms with Gasteiger partial charge >= 0.3 is 16.4 Å². The standard InChI is InChI=1S/C30H35N7O10S2/c1-30(2)21(27(39)37(30)47-49(42,43)44)14-23(38)26(22-17-48-29(31)33-22)34-46-24(28(40)41)16-45-20-7-4-18(5-8-20)19-6-9-25(35(3)15-19)36-12-10-32-11-13-36/h4-9,15,17,21,24,32H,10-14,16H2,1-3H3,(H3-,31,33,40,41,42,43,44)/p+1/b34-26-/t21-,24?/m1/s1. The number of rotatable bonds is 14. The fourth-order valence-corrected chi connectivity index (χ4v) is 6.46. The van der Waals surface area contributed by atoms with Crippen LogP contribution in [0.3, 0.4) is 0 Å². The van der Waals surface area contributed by atoms with Crippen molar-refractivity contribution in [2.45, 2.75) is 31.9 Å². The molecule has 0 bridgehead atoms. The molecule has 0 spiro atoms. The maximum absolute atomic E-state index is 13.4. The van der Waals surface area contributed by atoms with Crippen molar-refractivity contribution in [2.24, 2.45) is 18.1 Å². The number of nitrogens with one attached hydrogen (secondary N) is 1. The molecule has 5 N–H and O–H groups in total. The Hall–Kier alpha value is -4.69. The van der Waals surface area contributed by atoms with Crippen LogP contribution in [0, 0.1) is 5.92 Å². The topological polar surface area (TPSA) is 227 Å². The molecule has 2 atom stereocenters.